The van der Waals surface area contributed by atoms with Crippen molar-refractivity contribution < 1.29 is 4.79 Å². The first-order chi connectivity index (χ1) is 12.7. The number of benzene rings is 1. The molecule has 2 heterocycles. The highest BCUT2D eigenvalue weighted by molar-refractivity contribution is 14.0. The van der Waals surface area contributed by atoms with Crippen molar-refractivity contribution in [2.45, 2.75) is 32.1 Å². The highest BCUT2D eigenvalue weighted by Gasteiger charge is 2.24. The molecule has 1 aromatic carbocycles. The van der Waals surface area contributed by atoms with Crippen LogP contribution in [0, 0.1) is 5.92 Å². The van der Waals surface area contributed by atoms with Crippen molar-refractivity contribution in [1.29, 1.82) is 0 Å². The molecule has 3 N–H and O–H groups in total. The van der Waals surface area contributed by atoms with Gasteiger partial charge in [-0.2, -0.15) is 0 Å². The van der Waals surface area contributed by atoms with E-state index in [2.05, 4.69) is 40.9 Å². The van der Waals surface area contributed by atoms with E-state index >= 15 is 0 Å². The van der Waals surface area contributed by atoms with Crippen LogP contribution in [0.25, 0.3) is 0 Å². The van der Waals surface area contributed by atoms with Crippen LogP contribution in [-0.2, 0) is 4.79 Å². The van der Waals surface area contributed by atoms with Gasteiger partial charge in [0.15, 0.2) is 5.96 Å². The van der Waals surface area contributed by atoms with E-state index in [1.165, 1.54) is 18.4 Å². The molecule has 6 nitrogen and oxygen atoms in total. The van der Waals surface area contributed by atoms with Gasteiger partial charge in [0.05, 0.1) is 0 Å². The molecule has 1 fully saturated rings. The smallest absolute Gasteiger partial charge is 0.225 e. The van der Waals surface area contributed by atoms with Gasteiger partial charge in [-0.05, 0) is 57.5 Å². The molecule has 150 valence electrons. The number of aliphatic imine (C=N–C) groups is 1. The van der Waals surface area contributed by atoms with E-state index in [-0.39, 0.29) is 35.8 Å². The zero-order valence-electron chi connectivity index (χ0n) is 16.3. The third kappa shape index (κ3) is 6.34. The average Bonchev–Trinajstić information content (AvgIpc) is 2.65. The Morgan fingerprint density at radius 3 is 2.74 bits per heavy atom. The minimum atomic E-state index is 0. The molecule has 2 aliphatic rings. The van der Waals surface area contributed by atoms with Crippen LogP contribution in [0.3, 0.4) is 0 Å². The lowest BCUT2D eigenvalue weighted by atomic mass is 9.90. The third-order valence-electron chi connectivity index (χ3n) is 5.31. The van der Waals surface area contributed by atoms with Crippen LogP contribution in [0.15, 0.2) is 29.3 Å². The molecule has 1 amide bonds. The Hall–Kier alpha value is -1.35. The number of nitrogens with zero attached hydrogens (tertiary/aromatic N) is 2. The number of likely N-dealkylation sites (tertiary alicyclic amines) is 1. The van der Waals surface area contributed by atoms with Gasteiger partial charge in [-0.25, -0.2) is 0 Å². The predicted molar refractivity (Wildman–Crippen MR) is 122 cm³/mol. The first kappa shape index (κ1) is 21.9. The lowest BCUT2D eigenvalue weighted by molar-refractivity contribution is -0.116. The Labute approximate surface area is 179 Å². The summed E-state index contributed by atoms with van der Waals surface area (Å²) in [4.78, 5) is 19.2. The molecule has 1 aromatic rings. The number of nitrogens with one attached hydrogen (secondary N) is 3. The standard InChI is InChI=1S/C20H31N5O.HI/c1-3-21-20(22-13-15-8-10-25(2)11-9-15)23-14-16-12-19(26)24-18-7-5-4-6-17(16)18;/h4-7,15-16H,3,8-14H2,1-2H3,(H,24,26)(H2,21,22,23);1H. The molecule has 1 atom stereocenters. The summed E-state index contributed by atoms with van der Waals surface area (Å²) in [6, 6.07) is 8.06. The summed E-state index contributed by atoms with van der Waals surface area (Å²) in [5, 5.41) is 9.74. The highest BCUT2D eigenvalue weighted by atomic mass is 127. The summed E-state index contributed by atoms with van der Waals surface area (Å²) in [7, 11) is 2.18. The van der Waals surface area contributed by atoms with Crippen molar-refractivity contribution in [3.63, 3.8) is 0 Å². The molecule has 0 aromatic heterocycles. The number of piperidine rings is 1. The van der Waals surface area contributed by atoms with Gasteiger partial charge < -0.3 is 20.9 Å². The van der Waals surface area contributed by atoms with Gasteiger partial charge in [0.2, 0.25) is 5.91 Å². The average molecular weight is 485 g/mol. The molecule has 0 aliphatic carbocycles. The fraction of sp³-hybridized carbons (Fsp3) is 0.600. The second-order valence-electron chi connectivity index (χ2n) is 7.38. The van der Waals surface area contributed by atoms with Crippen molar-refractivity contribution in [1.82, 2.24) is 15.5 Å². The maximum Gasteiger partial charge on any atom is 0.225 e. The maximum absolute atomic E-state index is 12.0. The summed E-state index contributed by atoms with van der Waals surface area (Å²) in [5.74, 6) is 1.79. The number of para-hydroxylation sites is 1. The molecular weight excluding hydrogens is 453 g/mol. The molecule has 1 unspecified atom stereocenters. The lowest BCUT2D eigenvalue weighted by Crippen LogP contribution is -2.41. The van der Waals surface area contributed by atoms with Crippen molar-refractivity contribution in [3.05, 3.63) is 29.8 Å². The van der Waals surface area contributed by atoms with Crippen LogP contribution in [0.1, 0.15) is 37.7 Å². The number of guanidine groups is 1. The van der Waals surface area contributed by atoms with Gasteiger partial charge >= 0.3 is 0 Å². The van der Waals surface area contributed by atoms with Crippen molar-refractivity contribution >= 4 is 41.5 Å². The molecule has 1 saturated heterocycles. The van der Waals surface area contributed by atoms with Gasteiger partial charge in [-0.15, -0.1) is 24.0 Å². The van der Waals surface area contributed by atoms with E-state index in [4.69, 9.17) is 4.99 Å². The van der Waals surface area contributed by atoms with Crippen LogP contribution >= 0.6 is 24.0 Å². The zero-order chi connectivity index (χ0) is 18.4. The van der Waals surface area contributed by atoms with E-state index in [9.17, 15) is 4.79 Å². The summed E-state index contributed by atoms with van der Waals surface area (Å²) >= 11 is 0. The van der Waals surface area contributed by atoms with Crippen LogP contribution in [-0.4, -0.2) is 56.5 Å². The van der Waals surface area contributed by atoms with Crippen molar-refractivity contribution in [2.24, 2.45) is 10.9 Å². The second kappa shape index (κ2) is 10.8. The Morgan fingerprint density at radius 2 is 2.00 bits per heavy atom. The molecule has 0 saturated carbocycles. The molecule has 3 rings (SSSR count). The molecule has 0 spiro atoms. The first-order valence-electron chi connectivity index (χ1n) is 9.75. The largest absolute Gasteiger partial charge is 0.357 e. The van der Waals surface area contributed by atoms with E-state index in [1.807, 2.05) is 18.2 Å². The van der Waals surface area contributed by atoms with Gasteiger partial charge in [0.1, 0.15) is 0 Å². The predicted octanol–water partition coefficient (Wildman–Crippen LogP) is 2.63. The fourth-order valence-electron chi connectivity index (χ4n) is 3.71. The topological polar surface area (TPSA) is 68.8 Å². The number of rotatable bonds is 5. The summed E-state index contributed by atoms with van der Waals surface area (Å²) in [6.07, 6.45) is 2.95. The maximum atomic E-state index is 12.0. The monoisotopic (exact) mass is 485 g/mol. The summed E-state index contributed by atoms with van der Waals surface area (Å²) in [6.45, 7) is 6.82. The van der Waals surface area contributed by atoms with Crippen molar-refractivity contribution in [2.75, 3.05) is 45.1 Å². The second-order valence-corrected chi connectivity index (χ2v) is 7.38. The molecule has 0 bridgehead atoms. The number of hydrogen-bond acceptors (Lipinski definition) is 3. The number of fused-ring (bicyclic) bond motifs is 1. The number of halogens is 1. The highest BCUT2D eigenvalue weighted by Crippen LogP contribution is 2.31. The van der Waals surface area contributed by atoms with Gasteiger partial charge in [-0.1, -0.05) is 18.2 Å². The van der Waals surface area contributed by atoms with Gasteiger partial charge in [-0.3, -0.25) is 9.79 Å². The fourth-order valence-corrected chi connectivity index (χ4v) is 3.71. The van der Waals surface area contributed by atoms with Crippen LogP contribution in [0.5, 0.6) is 0 Å². The molecule has 0 radical (unpaired) electrons. The van der Waals surface area contributed by atoms with E-state index in [0.29, 0.717) is 18.9 Å². The Kier molecular flexibility index (Phi) is 8.82. The summed E-state index contributed by atoms with van der Waals surface area (Å²) in [5.41, 5.74) is 2.13. The Bertz CT molecular complexity index is 643. The molecule has 27 heavy (non-hydrogen) atoms. The van der Waals surface area contributed by atoms with Crippen LogP contribution in [0.4, 0.5) is 5.69 Å². The minimum absolute atomic E-state index is 0. The zero-order valence-corrected chi connectivity index (χ0v) is 18.7. The Balaban J connectivity index is 0.00000261. The SMILES string of the molecule is CCNC(=NCC1CCN(C)CC1)NCC1CC(=O)Nc2ccccc21.I. The third-order valence-corrected chi connectivity index (χ3v) is 5.31. The lowest BCUT2D eigenvalue weighted by Gasteiger charge is -2.28. The minimum Gasteiger partial charge on any atom is -0.357 e. The summed E-state index contributed by atoms with van der Waals surface area (Å²) < 4.78 is 0. The number of carbonyl (C=O) groups is 1. The quantitative estimate of drug-likeness (QED) is 0.341. The first-order valence-corrected chi connectivity index (χ1v) is 9.75. The Morgan fingerprint density at radius 1 is 1.26 bits per heavy atom. The normalized spacial score (nSPS) is 21.0. The van der Waals surface area contributed by atoms with E-state index < -0.39 is 0 Å². The van der Waals surface area contributed by atoms with E-state index in [1.54, 1.807) is 0 Å². The molecule has 2 aliphatic heterocycles. The van der Waals surface area contributed by atoms with Gasteiger partial charge in [0, 0.05) is 37.7 Å². The number of amides is 1. The number of anilines is 1. The molecule has 7 heteroatoms. The number of carbonyl (C=O) groups excluding carboxylic acids is 1. The van der Waals surface area contributed by atoms with Gasteiger partial charge in [0.25, 0.3) is 0 Å². The van der Waals surface area contributed by atoms with Crippen LogP contribution in [0.2, 0.25) is 0 Å². The van der Waals surface area contributed by atoms with E-state index in [0.717, 1.165) is 37.8 Å². The van der Waals surface area contributed by atoms with Crippen LogP contribution < -0.4 is 16.0 Å². The number of hydrogen-bond donors (Lipinski definition) is 3. The molecular formula is C20H32IN5O. The van der Waals surface area contributed by atoms with Crippen molar-refractivity contribution in [3.8, 4) is 0 Å².